The Morgan fingerprint density at radius 1 is 1.31 bits per heavy atom. The van der Waals surface area contributed by atoms with Crippen LogP contribution in [0.15, 0.2) is 53.7 Å². The van der Waals surface area contributed by atoms with E-state index in [0.29, 0.717) is 0 Å². The number of hydrogen-bond donors (Lipinski definition) is 0. The van der Waals surface area contributed by atoms with Gasteiger partial charge >= 0.3 is 0 Å². The van der Waals surface area contributed by atoms with E-state index >= 15 is 0 Å². The zero-order chi connectivity index (χ0) is 10.3. The van der Waals surface area contributed by atoms with Crippen LogP contribution in [0.2, 0.25) is 0 Å². The lowest BCUT2D eigenvalue weighted by molar-refractivity contribution is 1.33. The van der Waals surface area contributed by atoms with Gasteiger partial charge in [0.25, 0.3) is 0 Å². The molecule has 13 heavy (non-hydrogen) atoms. The Morgan fingerprint density at radius 2 is 1.92 bits per heavy atom. The molecule has 1 nitrogen and oxygen atoms in total. The third kappa shape index (κ3) is 4.96. The topological polar surface area (TPSA) is 12.4 Å². The van der Waals surface area contributed by atoms with Crippen molar-refractivity contribution in [1.29, 1.82) is 0 Å². The molecule has 0 aromatic heterocycles. The number of rotatable bonds is 4. The highest BCUT2D eigenvalue weighted by atomic mass is 14.7. The molecule has 0 aliphatic rings. The van der Waals surface area contributed by atoms with Crippen molar-refractivity contribution in [3.63, 3.8) is 0 Å². The van der Waals surface area contributed by atoms with Gasteiger partial charge in [-0.15, -0.1) is 0 Å². The summed E-state index contributed by atoms with van der Waals surface area (Å²) >= 11 is 0. The molecule has 0 heterocycles. The van der Waals surface area contributed by atoms with Crippen LogP contribution in [0.25, 0.3) is 0 Å². The summed E-state index contributed by atoms with van der Waals surface area (Å²) in [6, 6.07) is 0. The van der Waals surface area contributed by atoms with Crippen molar-refractivity contribution in [2.75, 3.05) is 0 Å². The van der Waals surface area contributed by atoms with Gasteiger partial charge in [0.05, 0.1) is 5.70 Å². The molecule has 0 radical (unpaired) electrons. The van der Waals surface area contributed by atoms with Gasteiger partial charge in [-0.2, -0.15) is 0 Å². The standard InChI is InChI=1S/C12H17N/c1-6-8-9-12(11(5)7-2)13-10(3)4/h6-9H,2,5H2,1,3-4H3/b8-6-,12-9+. The highest BCUT2D eigenvalue weighted by molar-refractivity contribution is 5.80. The molecule has 0 aliphatic heterocycles. The number of hydrogen-bond acceptors (Lipinski definition) is 1. The average Bonchev–Trinajstić information content (AvgIpc) is 2.10. The first kappa shape index (κ1) is 11.6. The second-order valence-corrected chi connectivity index (χ2v) is 2.87. The van der Waals surface area contributed by atoms with Crippen LogP contribution in [0.5, 0.6) is 0 Å². The maximum atomic E-state index is 4.34. The van der Waals surface area contributed by atoms with E-state index in [4.69, 9.17) is 0 Å². The Hall–Kier alpha value is -1.37. The fourth-order valence-corrected chi connectivity index (χ4v) is 0.749. The van der Waals surface area contributed by atoms with Crippen LogP contribution in [0, 0.1) is 0 Å². The van der Waals surface area contributed by atoms with Crippen molar-refractivity contribution < 1.29 is 0 Å². The van der Waals surface area contributed by atoms with Gasteiger partial charge in [-0.05, 0) is 32.4 Å². The van der Waals surface area contributed by atoms with Crippen LogP contribution in [-0.4, -0.2) is 5.71 Å². The molecule has 0 amide bonds. The van der Waals surface area contributed by atoms with Gasteiger partial charge < -0.3 is 0 Å². The minimum atomic E-state index is 0.847. The summed E-state index contributed by atoms with van der Waals surface area (Å²) in [6.45, 7) is 13.4. The summed E-state index contributed by atoms with van der Waals surface area (Å²) in [5, 5.41) is 0. The molecule has 0 saturated carbocycles. The molecule has 0 aliphatic carbocycles. The van der Waals surface area contributed by atoms with E-state index in [-0.39, 0.29) is 0 Å². The van der Waals surface area contributed by atoms with Crippen LogP contribution in [-0.2, 0) is 0 Å². The molecule has 0 unspecified atom stereocenters. The van der Waals surface area contributed by atoms with Crippen molar-refractivity contribution in [2.45, 2.75) is 20.8 Å². The Morgan fingerprint density at radius 3 is 2.31 bits per heavy atom. The molecule has 0 spiro atoms. The zero-order valence-corrected chi connectivity index (χ0v) is 8.67. The van der Waals surface area contributed by atoms with Gasteiger partial charge in [-0.25, -0.2) is 0 Å². The van der Waals surface area contributed by atoms with Crippen LogP contribution >= 0.6 is 0 Å². The third-order valence-electron chi connectivity index (χ3n) is 1.37. The maximum Gasteiger partial charge on any atom is 0.0694 e. The van der Waals surface area contributed by atoms with E-state index in [2.05, 4.69) is 18.2 Å². The number of nitrogens with zero attached hydrogens (tertiary/aromatic N) is 1. The highest BCUT2D eigenvalue weighted by Gasteiger charge is 1.94. The molecule has 0 N–H and O–H groups in total. The van der Waals surface area contributed by atoms with E-state index < -0.39 is 0 Å². The van der Waals surface area contributed by atoms with E-state index in [9.17, 15) is 0 Å². The van der Waals surface area contributed by atoms with Crippen LogP contribution in [0.3, 0.4) is 0 Å². The largest absolute Gasteiger partial charge is 0.258 e. The van der Waals surface area contributed by atoms with E-state index in [0.717, 1.165) is 17.0 Å². The van der Waals surface area contributed by atoms with E-state index in [1.165, 1.54) is 0 Å². The summed E-state index contributed by atoms with van der Waals surface area (Å²) in [4.78, 5) is 4.34. The molecule has 0 atom stereocenters. The van der Waals surface area contributed by atoms with Crippen molar-refractivity contribution in [3.05, 3.63) is 48.7 Å². The molecular weight excluding hydrogens is 158 g/mol. The highest BCUT2D eigenvalue weighted by Crippen LogP contribution is 2.10. The Labute approximate surface area is 80.9 Å². The van der Waals surface area contributed by atoms with Crippen LogP contribution < -0.4 is 0 Å². The third-order valence-corrected chi connectivity index (χ3v) is 1.37. The lowest BCUT2D eigenvalue weighted by atomic mass is 10.2. The molecule has 0 aromatic rings. The minimum Gasteiger partial charge on any atom is -0.258 e. The van der Waals surface area contributed by atoms with Crippen molar-refractivity contribution in [2.24, 2.45) is 4.99 Å². The molecule has 0 fully saturated rings. The second-order valence-electron chi connectivity index (χ2n) is 2.87. The van der Waals surface area contributed by atoms with Crippen molar-refractivity contribution in [1.82, 2.24) is 0 Å². The quantitative estimate of drug-likeness (QED) is 0.456. The van der Waals surface area contributed by atoms with Gasteiger partial charge in [-0.1, -0.05) is 31.4 Å². The molecule has 0 aromatic carbocycles. The molecule has 1 heteroatoms. The average molecular weight is 175 g/mol. The smallest absolute Gasteiger partial charge is 0.0694 e. The minimum absolute atomic E-state index is 0.847. The predicted molar refractivity (Wildman–Crippen MR) is 61.0 cm³/mol. The van der Waals surface area contributed by atoms with Crippen LogP contribution in [0.1, 0.15) is 20.8 Å². The van der Waals surface area contributed by atoms with Crippen molar-refractivity contribution >= 4 is 5.71 Å². The number of allylic oxidation sites excluding steroid dienone is 4. The normalized spacial score (nSPS) is 11.5. The Kier molecular flexibility index (Phi) is 5.53. The first-order valence-electron chi connectivity index (χ1n) is 4.28. The van der Waals surface area contributed by atoms with E-state index in [1.807, 2.05) is 39.0 Å². The summed E-state index contributed by atoms with van der Waals surface area (Å²) in [5.41, 5.74) is 2.73. The Bertz CT molecular complexity index is 273. The first-order valence-corrected chi connectivity index (χ1v) is 4.28. The monoisotopic (exact) mass is 175 g/mol. The van der Waals surface area contributed by atoms with Gasteiger partial charge in [0.1, 0.15) is 0 Å². The Balaban J connectivity index is 4.86. The number of aliphatic imine (C=N–C) groups is 1. The maximum absolute atomic E-state index is 4.34. The van der Waals surface area contributed by atoms with Gasteiger partial charge in [-0.3, -0.25) is 4.99 Å². The lowest BCUT2D eigenvalue weighted by Crippen LogP contribution is -1.86. The van der Waals surface area contributed by atoms with Gasteiger partial charge in [0.2, 0.25) is 0 Å². The summed E-state index contributed by atoms with van der Waals surface area (Å²) in [6.07, 6.45) is 7.53. The molecular formula is C12H17N. The van der Waals surface area contributed by atoms with Crippen molar-refractivity contribution in [3.8, 4) is 0 Å². The summed E-state index contributed by atoms with van der Waals surface area (Å²) in [5.74, 6) is 0. The summed E-state index contributed by atoms with van der Waals surface area (Å²) < 4.78 is 0. The first-order chi connectivity index (χ1) is 6.11. The fourth-order valence-electron chi connectivity index (χ4n) is 0.749. The zero-order valence-electron chi connectivity index (χ0n) is 8.67. The second kappa shape index (κ2) is 6.18. The fraction of sp³-hybridized carbons (Fsp3) is 0.250. The van der Waals surface area contributed by atoms with Gasteiger partial charge in [0, 0.05) is 5.71 Å². The van der Waals surface area contributed by atoms with Crippen LogP contribution in [0.4, 0.5) is 0 Å². The molecule has 0 bridgehead atoms. The molecule has 70 valence electrons. The molecule has 0 saturated heterocycles. The van der Waals surface area contributed by atoms with Gasteiger partial charge in [0.15, 0.2) is 0 Å². The lowest BCUT2D eigenvalue weighted by Gasteiger charge is -2.00. The predicted octanol–water partition coefficient (Wildman–Crippen LogP) is 3.67. The molecule has 0 rings (SSSR count). The van der Waals surface area contributed by atoms with E-state index in [1.54, 1.807) is 6.08 Å². The SMILES string of the molecule is C=CC(=C)/C(=C\C=C/C)N=C(C)C. The summed E-state index contributed by atoms with van der Waals surface area (Å²) in [7, 11) is 0.